The molecule has 0 unspecified atom stereocenters. The minimum absolute atomic E-state index is 0. The number of carbonyl (C=O) groups is 2. The molecular weight excluding hydrogens is 474 g/mol. The number of hydrogen-bond acceptors (Lipinski definition) is 5. The molecule has 1 N–H and O–H groups in total. The van der Waals surface area contributed by atoms with Gasteiger partial charge in [-0.15, -0.1) is 0 Å². The SMILES string of the molecule is CCCOc1ccc(NC(=O)/C=C2/SC(=NC)N(C)C2=O)cc1Br.[Br-]. The second-order valence-corrected chi connectivity index (χ2v) is 6.83. The molecule has 1 aliphatic heterocycles. The Morgan fingerprint density at radius 1 is 1.48 bits per heavy atom. The van der Waals surface area contributed by atoms with Gasteiger partial charge in [-0.3, -0.25) is 19.5 Å². The molecule has 6 nitrogen and oxygen atoms in total. The van der Waals surface area contributed by atoms with Crippen molar-refractivity contribution in [2.75, 3.05) is 26.0 Å². The molecule has 9 heteroatoms. The summed E-state index contributed by atoms with van der Waals surface area (Å²) in [5.41, 5.74) is 0.612. The van der Waals surface area contributed by atoms with E-state index in [2.05, 4.69) is 26.2 Å². The van der Waals surface area contributed by atoms with Crippen molar-refractivity contribution in [1.82, 2.24) is 4.90 Å². The first-order valence-corrected chi connectivity index (χ1v) is 8.95. The Balaban J connectivity index is 0.00000312. The molecule has 0 saturated carbocycles. The molecule has 2 rings (SSSR count). The molecule has 1 aliphatic rings. The molecule has 1 heterocycles. The lowest BCUT2D eigenvalue weighted by molar-refractivity contribution is -0.121. The number of ether oxygens (including phenoxy) is 1. The second kappa shape index (κ2) is 9.98. The molecule has 1 saturated heterocycles. The Kier molecular flexibility index (Phi) is 8.67. The first-order chi connectivity index (χ1) is 11.5. The van der Waals surface area contributed by atoms with Crippen LogP contribution in [0.25, 0.3) is 0 Å². The number of aliphatic imine (C=N–C) groups is 1. The Morgan fingerprint density at radius 2 is 2.20 bits per heavy atom. The summed E-state index contributed by atoms with van der Waals surface area (Å²) in [7, 11) is 3.23. The number of nitrogens with one attached hydrogen (secondary N) is 1. The molecule has 1 aromatic rings. The summed E-state index contributed by atoms with van der Waals surface area (Å²) in [6.45, 7) is 2.66. The van der Waals surface area contributed by atoms with E-state index in [0.717, 1.165) is 16.6 Å². The molecule has 136 valence electrons. The van der Waals surface area contributed by atoms with Gasteiger partial charge in [-0.2, -0.15) is 0 Å². The normalized spacial score (nSPS) is 17.0. The van der Waals surface area contributed by atoms with Crippen LogP contribution < -0.4 is 27.0 Å². The number of amidine groups is 1. The lowest BCUT2D eigenvalue weighted by atomic mass is 10.3. The van der Waals surface area contributed by atoms with E-state index < -0.39 is 0 Å². The van der Waals surface area contributed by atoms with Gasteiger partial charge < -0.3 is 27.0 Å². The fourth-order valence-corrected chi connectivity index (χ4v) is 3.35. The van der Waals surface area contributed by atoms with Gasteiger partial charge >= 0.3 is 0 Å². The molecule has 0 spiro atoms. The van der Waals surface area contributed by atoms with Crippen LogP contribution >= 0.6 is 27.7 Å². The fourth-order valence-electron chi connectivity index (χ4n) is 1.95. The summed E-state index contributed by atoms with van der Waals surface area (Å²) in [6.07, 6.45) is 2.21. The van der Waals surface area contributed by atoms with E-state index in [1.165, 1.54) is 22.7 Å². The molecule has 2 amide bonds. The lowest BCUT2D eigenvalue weighted by Gasteiger charge is -2.09. The quantitative estimate of drug-likeness (QED) is 0.599. The summed E-state index contributed by atoms with van der Waals surface area (Å²) >= 11 is 4.60. The average molecular weight is 492 g/mol. The fraction of sp³-hybridized carbons (Fsp3) is 0.312. The molecule has 0 radical (unpaired) electrons. The molecular formula is C16H18Br2N3O3S-. The largest absolute Gasteiger partial charge is 1.00 e. The predicted octanol–water partition coefficient (Wildman–Crippen LogP) is 0.255. The molecule has 1 fully saturated rings. The van der Waals surface area contributed by atoms with E-state index in [-0.39, 0.29) is 28.8 Å². The van der Waals surface area contributed by atoms with E-state index in [1.54, 1.807) is 32.3 Å². The number of likely N-dealkylation sites (N-methyl/N-ethyl adjacent to an activating group) is 1. The third-order valence-corrected chi connectivity index (χ3v) is 4.89. The highest BCUT2D eigenvalue weighted by Gasteiger charge is 2.30. The zero-order valence-electron chi connectivity index (χ0n) is 14.0. The maximum absolute atomic E-state index is 12.1. The molecule has 0 aliphatic carbocycles. The van der Waals surface area contributed by atoms with E-state index in [4.69, 9.17) is 4.74 Å². The van der Waals surface area contributed by atoms with Crippen LogP contribution in [-0.2, 0) is 9.59 Å². The van der Waals surface area contributed by atoms with Gasteiger partial charge in [0.05, 0.1) is 16.0 Å². The summed E-state index contributed by atoms with van der Waals surface area (Å²) < 4.78 is 6.32. The van der Waals surface area contributed by atoms with Crippen LogP contribution in [0.1, 0.15) is 13.3 Å². The third-order valence-electron chi connectivity index (χ3n) is 3.12. The van der Waals surface area contributed by atoms with Gasteiger partial charge in [0, 0.05) is 25.9 Å². The van der Waals surface area contributed by atoms with Gasteiger partial charge in [0.2, 0.25) is 5.91 Å². The highest BCUT2D eigenvalue weighted by Crippen LogP contribution is 2.30. The summed E-state index contributed by atoms with van der Waals surface area (Å²) in [5.74, 6) is 0.117. The monoisotopic (exact) mass is 490 g/mol. The highest BCUT2D eigenvalue weighted by molar-refractivity contribution is 9.10. The zero-order valence-corrected chi connectivity index (χ0v) is 18.0. The second-order valence-electron chi connectivity index (χ2n) is 4.96. The van der Waals surface area contributed by atoms with Gasteiger partial charge in [0.25, 0.3) is 5.91 Å². The average Bonchev–Trinajstić information content (AvgIpc) is 2.82. The van der Waals surface area contributed by atoms with Crippen molar-refractivity contribution in [2.45, 2.75) is 13.3 Å². The van der Waals surface area contributed by atoms with E-state index >= 15 is 0 Å². The highest BCUT2D eigenvalue weighted by atomic mass is 79.9. The van der Waals surface area contributed by atoms with Crippen LogP contribution in [0.5, 0.6) is 5.75 Å². The Labute approximate surface area is 170 Å². The molecule has 25 heavy (non-hydrogen) atoms. The van der Waals surface area contributed by atoms with Crippen LogP contribution in [0.15, 0.2) is 38.6 Å². The van der Waals surface area contributed by atoms with Crippen molar-refractivity contribution in [1.29, 1.82) is 0 Å². The maximum atomic E-state index is 12.1. The Morgan fingerprint density at radius 3 is 2.76 bits per heavy atom. The first-order valence-electron chi connectivity index (χ1n) is 7.34. The van der Waals surface area contributed by atoms with Crippen LogP contribution in [0.2, 0.25) is 0 Å². The standard InChI is InChI=1S/C16H18BrN3O3S.BrH/c1-4-7-23-12-6-5-10(8-11(12)17)19-14(21)9-13-15(22)20(3)16(18-2)24-13;/h5-6,8-9H,4,7H2,1-3H3,(H,19,21);1H/p-1/b13-9+,18-16?;. The number of rotatable bonds is 5. The number of amides is 2. The minimum atomic E-state index is -0.370. The zero-order chi connectivity index (χ0) is 17.7. The molecule has 0 aromatic heterocycles. The number of thioether (sulfide) groups is 1. The number of anilines is 1. The van der Waals surface area contributed by atoms with Gasteiger partial charge in [0.15, 0.2) is 5.17 Å². The number of hydrogen-bond donors (Lipinski definition) is 1. The predicted molar refractivity (Wildman–Crippen MR) is 100 cm³/mol. The van der Waals surface area contributed by atoms with Gasteiger partial charge in [-0.1, -0.05) is 6.92 Å². The van der Waals surface area contributed by atoms with Crippen LogP contribution in [0.4, 0.5) is 5.69 Å². The van der Waals surface area contributed by atoms with Gasteiger partial charge in [-0.05, 0) is 52.3 Å². The first kappa shape index (κ1) is 21.7. The Hall–Kier alpha value is -1.32. The minimum Gasteiger partial charge on any atom is -1.00 e. The number of halogens is 2. The maximum Gasteiger partial charge on any atom is 0.266 e. The smallest absolute Gasteiger partial charge is 0.266 e. The van der Waals surface area contributed by atoms with E-state index in [1.807, 2.05) is 6.92 Å². The molecule has 0 bridgehead atoms. The van der Waals surface area contributed by atoms with Crippen LogP contribution in [0, 0.1) is 0 Å². The number of benzene rings is 1. The summed E-state index contributed by atoms with van der Waals surface area (Å²) in [5, 5.41) is 3.31. The van der Waals surface area contributed by atoms with Gasteiger partial charge in [-0.25, -0.2) is 0 Å². The summed E-state index contributed by atoms with van der Waals surface area (Å²) in [6, 6.07) is 5.30. The topological polar surface area (TPSA) is 71.0 Å². The van der Waals surface area contributed by atoms with Gasteiger partial charge in [0.1, 0.15) is 5.75 Å². The van der Waals surface area contributed by atoms with Crippen molar-refractivity contribution >= 4 is 50.4 Å². The number of nitrogens with zero attached hydrogens (tertiary/aromatic N) is 2. The third kappa shape index (κ3) is 5.58. The van der Waals surface area contributed by atoms with Crippen molar-refractivity contribution < 1.29 is 31.3 Å². The van der Waals surface area contributed by atoms with Crippen molar-refractivity contribution in [3.63, 3.8) is 0 Å². The van der Waals surface area contributed by atoms with E-state index in [0.29, 0.717) is 22.4 Å². The number of carbonyl (C=O) groups excluding carboxylic acids is 2. The summed E-state index contributed by atoms with van der Waals surface area (Å²) in [4.78, 5) is 29.9. The van der Waals surface area contributed by atoms with Crippen LogP contribution in [-0.4, -0.2) is 42.6 Å². The van der Waals surface area contributed by atoms with E-state index in [9.17, 15) is 9.59 Å². The van der Waals surface area contributed by atoms with Crippen molar-refractivity contribution in [3.8, 4) is 5.75 Å². The Bertz CT molecular complexity index is 723. The van der Waals surface area contributed by atoms with Crippen molar-refractivity contribution in [2.24, 2.45) is 4.99 Å². The molecule has 1 aromatic carbocycles. The lowest BCUT2D eigenvalue weighted by Crippen LogP contribution is -3.00. The van der Waals surface area contributed by atoms with Crippen LogP contribution in [0.3, 0.4) is 0 Å². The van der Waals surface area contributed by atoms with Crippen molar-refractivity contribution in [3.05, 3.63) is 33.7 Å². The molecule has 0 atom stereocenters.